The Morgan fingerprint density at radius 3 is 2.70 bits per heavy atom. The van der Waals surface area contributed by atoms with Gasteiger partial charge >= 0.3 is 12.1 Å². The summed E-state index contributed by atoms with van der Waals surface area (Å²) in [5.74, 6) is -1.04. The highest BCUT2D eigenvalue weighted by molar-refractivity contribution is 6.00. The normalized spacial score (nSPS) is 21.0. The monoisotopic (exact) mass is 276 g/mol. The molecule has 106 valence electrons. The van der Waals surface area contributed by atoms with Gasteiger partial charge in [-0.1, -0.05) is 12.1 Å². The highest BCUT2D eigenvalue weighted by Gasteiger charge is 2.46. The highest BCUT2D eigenvalue weighted by Crippen LogP contribution is 2.35. The van der Waals surface area contributed by atoms with Crippen LogP contribution in [-0.2, 0) is 4.74 Å². The molecule has 6 heteroatoms. The van der Waals surface area contributed by atoms with Crippen molar-refractivity contribution in [1.29, 1.82) is 0 Å². The number of rotatable bonds is 2. The van der Waals surface area contributed by atoms with Gasteiger partial charge in [0, 0.05) is 12.8 Å². The first kappa shape index (κ1) is 12.9. The van der Waals surface area contributed by atoms with Crippen molar-refractivity contribution < 1.29 is 19.4 Å². The molecule has 0 radical (unpaired) electrons. The molecule has 1 aromatic rings. The molecule has 1 spiro atoms. The summed E-state index contributed by atoms with van der Waals surface area (Å²) in [5, 5.41) is 12.5. The minimum Gasteiger partial charge on any atom is -0.478 e. The molecule has 2 N–H and O–H groups in total. The zero-order valence-electron chi connectivity index (χ0n) is 11.0. The van der Waals surface area contributed by atoms with Crippen LogP contribution in [0.5, 0.6) is 0 Å². The molecule has 0 aliphatic carbocycles. The van der Waals surface area contributed by atoms with Crippen molar-refractivity contribution in [3.63, 3.8) is 0 Å². The van der Waals surface area contributed by atoms with Crippen molar-refractivity contribution in [3.8, 4) is 0 Å². The summed E-state index contributed by atoms with van der Waals surface area (Å²) in [4.78, 5) is 24.8. The molecule has 20 heavy (non-hydrogen) atoms. The number of para-hydroxylation sites is 1. The number of aromatic carboxylic acids is 1. The van der Waals surface area contributed by atoms with E-state index in [1.807, 2.05) is 0 Å². The summed E-state index contributed by atoms with van der Waals surface area (Å²) in [7, 11) is 0. The minimum atomic E-state index is -1.04. The number of amides is 1. The van der Waals surface area contributed by atoms with E-state index in [4.69, 9.17) is 4.74 Å². The average molecular weight is 276 g/mol. The first-order chi connectivity index (χ1) is 9.61. The largest absolute Gasteiger partial charge is 0.478 e. The molecular weight excluding hydrogens is 260 g/mol. The van der Waals surface area contributed by atoms with Crippen molar-refractivity contribution in [3.05, 3.63) is 29.8 Å². The van der Waals surface area contributed by atoms with Crippen LogP contribution in [0.4, 0.5) is 10.5 Å². The Labute approximate surface area is 116 Å². The Morgan fingerprint density at radius 1 is 1.30 bits per heavy atom. The van der Waals surface area contributed by atoms with Crippen molar-refractivity contribution >= 4 is 17.7 Å². The quantitative estimate of drug-likeness (QED) is 0.855. The van der Waals surface area contributed by atoms with Gasteiger partial charge in [0.15, 0.2) is 0 Å². The predicted molar refractivity (Wildman–Crippen MR) is 72.1 cm³/mol. The number of hydrogen-bond acceptors (Lipinski definition) is 4. The number of carboxylic acids is 1. The fourth-order valence-electron chi connectivity index (χ4n) is 2.84. The molecule has 0 bridgehead atoms. The van der Waals surface area contributed by atoms with Gasteiger partial charge in [0.1, 0.15) is 5.60 Å². The third-order valence-corrected chi connectivity index (χ3v) is 3.91. The van der Waals surface area contributed by atoms with Crippen molar-refractivity contribution in [2.45, 2.75) is 18.4 Å². The van der Waals surface area contributed by atoms with Gasteiger partial charge in [-0.05, 0) is 25.2 Å². The highest BCUT2D eigenvalue weighted by atomic mass is 16.6. The van der Waals surface area contributed by atoms with Crippen LogP contribution in [0.25, 0.3) is 0 Å². The second-order valence-electron chi connectivity index (χ2n) is 5.21. The summed E-state index contributed by atoms with van der Waals surface area (Å²) < 4.78 is 5.55. The molecule has 0 saturated carbocycles. The number of anilines is 1. The van der Waals surface area contributed by atoms with E-state index < -0.39 is 17.7 Å². The summed E-state index contributed by atoms with van der Waals surface area (Å²) in [6.07, 6.45) is 1.05. The molecule has 2 fully saturated rings. The smallest absolute Gasteiger partial charge is 0.415 e. The molecule has 2 heterocycles. The van der Waals surface area contributed by atoms with Crippen molar-refractivity contribution in [2.75, 3.05) is 24.5 Å². The van der Waals surface area contributed by atoms with Gasteiger partial charge in [-0.2, -0.15) is 0 Å². The van der Waals surface area contributed by atoms with E-state index >= 15 is 0 Å². The van der Waals surface area contributed by atoms with E-state index in [0.29, 0.717) is 12.2 Å². The van der Waals surface area contributed by atoms with E-state index in [9.17, 15) is 14.7 Å². The summed E-state index contributed by atoms with van der Waals surface area (Å²) in [6.45, 7) is 2.03. The third-order valence-electron chi connectivity index (χ3n) is 3.91. The summed E-state index contributed by atoms with van der Waals surface area (Å²) >= 11 is 0. The maximum atomic E-state index is 12.1. The predicted octanol–water partition coefficient (Wildman–Crippen LogP) is 1.46. The number of benzene rings is 1. The van der Waals surface area contributed by atoms with Crippen LogP contribution in [0.1, 0.15) is 23.2 Å². The van der Waals surface area contributed by atoms with Crippen LogP contribution in [0.3, 0.4) is 0 Å². The number of carbonyl (C=O) groups excluding carboxylic acids is 1. The summed E-state index contributed by atoms with van der Waals surface area (Å²) in [6, 6.07) is 6.51. The second kappa shape index (κ2) is 4.79. The van der Waals surface area contributed by atoms with E-state index in [0.717, 1.165) is 25.9 Å². The first-order valence-electron chi connectivity index (χ1n) is 6.65. The first-order valence-corrected chi connectivity index (χ1v) is 6.65. The number of nitrogens with zero attached hydrogens (tertiary/aromatic N) is 1. The lowest BCUT2D eigenvalue weighted by Crippen LogP contribution is -2.45. The van der Waals surface area contributed by atoms with Crippen LogP contribution >= 0.6 is 0 Å². The molecule has 3 rings (SSSR count). The molecule has 2 aliphatic rings. The molecule has 2 saturated heterocycles. The van der Waals surface area contributed by atoms with E-state index in [1.54, 1.807) is 18.2 Å². The van der Waals surface area contributed by atoms with E-state index in [-0.39, 0.29) is 5.56 Å². The number of carbonyl (C=O) groups is 2. The van der Waals surface area contributed by atoms with Gasteiger partial charge in [-0.15, -0.1) is 0 Å². The van der Waals surface area contributed by atoms with Crippen LogP contribution in [0.2, 0.25) is 0 Å². The molecular formula is C14H16N2O4. The Hall–Kier alpha value is -2.08. The summed E-state index contributed by atoms with van der Waals surface area (Å²) in [5.41, 5.74) is 0.0457. The van der Waals surface area contributed by atoms with Gasteiger partial charge in [0.05, 0.1) is 17.8 Å². The van der Waals surface area contributed by atoms with E-state index in [2.05, 4.69) is 5.32 Å². The molecule has 0 aromatic heterocycles. The van der Waals surface area contributed by atoms with Crippen LogP contribution in [0, 0.1) is 0 Å². The Kier molecular flexibility index (Phi) is 3.10. The standard InChI is InChI=1S/C14H16N2O4/c17-12(18)10-3-1-2-4-11(10)16-9-14(20-13(16)19)5-7-15-8-6-14/h1-4,15H,5-9H2,(H,17,18). The molecule has 1 aromatic carbocycles. The molecule has 0 unspecified atom stereocenters. The Balaban J connectivity index is 1.91. The topological polar surface area (TPSA) is 78.9 Å². The maximum absolute atomic E-state index is 12.1. The lowest BCUT2D eigenvalue weighted by Gasteiger charge is -2.31. The van der Waals surface area contributed by atoms with Crippen LogP contribution in [-0.4, -0.2) is 42.4 Å². The Bertz CT molecular complexity index is 552. The lowest BCUT2D eigenvalue weighted by molar-refractivity contribution is 0.0316. The fourth-order valence-corrected chi connectivity index (χ4v) is 2.84. The number of ether oxygens (including phenoxy) is 1. The minimum absolute atomic E-state index is 0.121. The van der Waals surface area contributed by atoms with E-state index in [1.165, 1.54) is 11.0 Å². The van der Waals surface area contributed by atoms with Gasteiger partial charge < -0.3 is 15.2 Å². The van der Waals surface area contributed by atoms with Gasteiger partial charge in [-0.3, -0.25) is 4.90 Å². The zero-order chi connectivity index (χ0) is 14.2. The number of carboxylic acid groups (broad SMARTS) is 1. The molecule has 2 aliphatic heterocycles. The molecule has 1 amide bonds. The molecule has 0 atom stereocenters. The SMILES string of the molecule is O=C(O)c1ccccc1N1CC2(CCNCC2)OC1=O. The zero-order valence-corrected chi connectivity index (χ0v) is 11.0. The maximum Gasteiger partial charge on any atom is 0.415 e. The Morgan fingerprint density at radius 2 is 2.00 bits per heavy atom. The van der Waals surface area contributed by atoms with Crippen LogP contribution < -0.4 is 10.2 Å². The van der Waals surface area contributed by atoms with Gasteiger partial charge in [-0.25, -0.2) is 9.59 Å². The van der Waals surface area contributed by atoms with Gasteiger partial charge in [0.25, 0.3) is 0 Å². The fraction of sp³-hybridized carbons (Fsp3) is 0.429. The van der Waals surface area contributed by atoms with Gasteiger partial charge in [0.2, 0.25) is 0 Å². The molecule has 6 nitrogen and oxygen atoms in total. The average Bonchev–Trinajstić information content (AvgIpc) is 2.76. The van der Waals surface area contributed by atoms with Crippen molar-refractivity contribution in [1.82, 2.24) is 5.32 Å². The van der Waals surface area contributed by atoms with Crippen molar-refractivity contribution in [2.24, 2.45) is 0 Å². The number of nitrogens with one attached hydrogen (secondary N) is 1. The van der Waals surface area contributed by atoms with Crippen LogP contribution in [0.15, 0.2) is 24.3 Å². The number of hydrogen-bond donors (Lipinski definition) is 2. The number of piperidine rings is 1. The lowest BCUT2D eigenvalue weighted by atomic mass is 9.92. The second-order valence-corrected chi connectivity index (χ2v) is 5.21. The third kappa shape index (κ3) is 2.12.